The van der Waals surface area contributed by atoms with Crippen LogP contribution in [0.4, 0.5) is 0 Å². The zero-order valence-electron chi connectivity index (χ0n) is 14.9. The van der Waals surface area contributed by atoms with Gasteiger partial charge in [0.15, 0.2) is 16.6 Å². The fourth-order valence-electron chi connectivity index (χ4n) is 2.02. The Morgan fingerprint density at radius 3 is 2.17 bits per heavy atom. The number of thiocarbonyl (C=S) groups is 1. The first-order valence-corrected chi connectivity index (χ1v) is 7.77. The third-order valence-electron chi connectivity index (χ3n) is 2.94. The number of carbonyl (C=O) groups excluding carboxylic acids is 1. The highest BCUT2D eigenvalue weighted by Gasteiger charge is 2.18. The van der Waals surface area contributed by atoms with E-state index in [1.165, 1.54) is 21.3 Å². The summed E-state index contributed by atoms with van der Waals surface area (Å²) >= 11 is 5.11. The average molecular weight is 355 g/mol. The van der Waals surface area contributed by atoms with E-state index in [4.69, 9.17) is 26.4 Å². The summed E-state index contributed by atoms with van der Waals surface area (Å²) in [6.45, 7) is 5.91. The summed E-state index contributed by atoms with van der Waals surface area (Å²) in [5.41, 5.74) is 5.70. The Hall–Kier alpha value is -2.22. The molecule has 24 heavy (non-hydrogen) atoms. The second-order valence-corrected chi connectivity index (χ2v) is 6.46. The lowest BCUT2D eigenvalue weighted by molar-refractivity contribution is -0.121. The van der Waals surface area contributed by atoms with Crippen LogP contribution in [0.15, 0.2) is 12.1 Å². The molecule has 0 fully saturated rings. The van der Waals surface area contributed by atoms with Gasteiger partial charge in [0.2, 0.25) is 11.7 Å². The van der Waals surface area contributed by atoms with E-state index in [1.807, 2.05) is 20.8 Å². The van der Waals surface area contributed by atoms with Gasteiger partial charge in [0.1, 0.15) is 0 Å². The molecule has 0 aliphatic rings. The van der Waals surface area contributed by atoms with Crippen molar-refractivity contribution >= 4 is 23.2 Å². The molecule has 1 aromatic carbocycles. The maximum Gasteiger partial charge on any atom is 0.242 e. The molecule has 7 nitrogen and oxygen atoms in total. The molecule has 0 atom stereocenters. The van der Waals surface area contributed by atoms with Crippen LogP contribution in [0.25, 0.3) is 0 Å². The van der Waals surface area contributed by atoms with Crippen molar-refractivity contribution < 1.29 is 19.0 Å². The summed E-state index contributed by atoms with van der Waals surface area (Å²) < 4.78 is 15.9. The molecule has 0 unspecified atom stereocenters. The molecular formula is C16H25N3O4S. The molecule has 0 aliphatic heterocycles. The van der Waals surface area contributed by atoms with Gasteiger partial charge in [-0.3, -0.25) is 15.6 Å². The molecule has 0 spiro atoms. The summed E-state index contributed by atoms with van der Waals surface area (Å²) in [5, 5.41) is 3.38. The van der Waals surface area contributed by atoms with Gasteiger partial charge in [-0.2, -0.15) is 0 Å². The number of ether oxygens (including phenoxy) is 3. The first kappa shape index (κ1) is 19.8. The average Bonchev–Trinajstić information content (AvgIpc) is 2.50. The monoisotopic (exact) mass is 355 g/mol. The predicted molar refractivity (Wildman–Crippen MR) is 96.6 cm³/mol. The van der Waals surface area contributed by atoms with Crippen LogP contribution in [0.5, 0.6) is 17.2 Å². The third kappa shape index (κ3) is 5.77. The topological polar surface area (TPSA) is 80.9 Å². The molecule has 1 aromatic rings. The number of methoxy groups -OCH3 is 3. The Kier molecular flexibility index (Phi) is 7.09. The molecule has 0 heterocycles. The van der Waals surface area contributed by atoms with Gasteiger partial charge in [-0.25, -0.2) is 0 Å². The van der Waals surface area contributed by atoms with Gasteiger partial charge < -0.3 is 19.5 Å². The number of hydrogen-bond acceptors (Lipinski definition) is 5. The number of hydrazine groups is 1. The van der Waals surface area contributed by atoms with Crippen molar-refractivity contribution in [1.82, 2.24) is 16.2 Å². The number of amides is 1. The second kappa shape index (κ2) is 8.58. The fourth-order valence-corrected chi connectivity index (χ4v) is 2.38. The highest BCUT2D eigenvalue weighted by Crippen LogP contribution is 2.39. The SMILES string of the molecule is COc1ccc(CC(=O)NNC(=S)NC(C)(C)C)c(OC)c1OC. The zero-order chi connectivity index (χ0) is 18.3. The normalized spacial score (nSPS) is 10.6. The lowest BCUT2D eigenvalue weighted by Crippen LogP contribution is -2.52. The zero-order valence-corrected chi connectivity index (χ0v) is 15.7. The van der Waals surface area contributed by atoms with Gasteiger partial charge in [0, 0.05) is 11.1 Å². The van der Waals surface area contributed by atoms with E-state index in [1.54, 1.807) is 12.1 Å². The Bertz CT molecular complexity index is 600. The standard InChI is InChI=1S/C16H25N3O4S/c1-16(2,3)17-15(24)19-18-12(20)9-10-7-8-11(21-4)14(23-6)13(10)22-5/h7-8H,9H2,1-6H3,(H,18,20)(H2,17,19,24). The molecule has 3 N–H and O–H groups in total. The van der Waals surface area contributed by atoms with Crippen molar-refractivity contribution in [2.75, 3.05) is 21.3 Å². The molecule has 0 radical (unpaired) electrons. The quantitative estimate of drug-likeness (QED) is 0.546. The molecule has 0 saturated carbocycles. The molecule has 1 rings (SSSR count). The predicted octanol–water partition coefficient (Wildman–Crippen LogP) is 1.55. The number of benzene rings is 1. The first-order chi connectivity index (χ1) is 11.2. The van der Waals surface area contributed by atoms with Crippen molar-refractivity contribution in [3.05, 3.63) is 17.7 Å². The highest BCUT2D eigenvalue weighted by atomic mass is 32.1. The van der Waals surface area contributed by atoms with Crippen molar-refractivity contribution in [2.45, 2.75) is 32.7 Å². The fraction of sp³-hybridized carbons (Fsp3) is 0.500. The van der Waals surface area contributed by atoms with E-state index >= 15 is 0 Å². The molecule has 0 aliphatic carbocycles. The van der Waals surface area contributed by atoms with Gasteiger partial charge in [-0.05, 0) is 39.1 Å². The lowest BCUT2D eigenvalue weighted by Gasteiger charge is -2.23. The molecule has 0 bridgehead atoms. The molecule has 1 amide bonds. The highest BCUT2D eigenvalue weighted by molar-refractivity contribution is 7.80. The summed E-state index contributed by atoms with van der Waals surface area (Å²) in [6, 6.07) is 3.48. The van der Waals surface area contributed by atoms with Crippen molar-refractivity contribution in [3.8, 4) is 17.2 Å². The summed E-state index contributed by atoms with van der Waals surface area (Å²) in [6.07, 6.45) is 0.0919. The molecule has 134 valence electrons. The van der Waals surface area contributed by atoms with Gasteiger partial charge in [0.25, 0.3) is 0 Å². The number of carbonyl (C=O) groups is 1. The smallest absolute Gasteiger partial charge is 0.242 e. The van der Waals surface area contributed by atoms with Crippen molar-refractivity contribution in [1.29, 1.82) is 0 Å². The van der Waals surface area contributed by atoms with Crippen LogP contribution in [0.2, 0.25) is 0 Å². The largest absolute Gasteiger partial charge is 0.493 e. The van der Waals surface area contributed by atoms with E-state index in [0.29, 0.717) is 27.9 Å². The van der Waals surface area contributed by atoms with Crippen LogP contribution in [0, 0.1) is 0 Å². The van der Waals surface area contributed by atoms with E-state index in [-0.39, 0.29) is 17.9 Å². The van der Waals surface area contributed by atoms with Gasteiger partial charge in [-0.1, -0.05) is 6.07 Å². The van der Waals surface area contributed by atoms with Crippen LogP contribution in [0.1, 0.15) is 26.3 Å². The summed E-state index contributed by atoms with van der Waals surface area (Å²) in [4.78, 5) is 12.1. The maximum absolute atomic E-state index is 12.1. The minimum atomic E-state index is -0.265. The summed E-state index contributed by atoms with van der Waals surface area (Å²) in [5.74, 6) is 1.18. The van der Waals surface area contributed by atoms with Crippen LogP contribution in [0.3, 0.4) is 0 Å². The van der Waals surface area contributed by atoms with E-state index in [9.17, 15) is 4.79 Å². The minimum absolute atomic E-state index is 0.0919. The summed E-state index contributed by atoms with van der Waals surface area (Å²) in [7, 11) is 4.57. The maximum atomic E-state index is 12.1. The molecule has 8 heteroatoms. The van der Waals surface area contributed by atoms with Crippen LogP contribution in [-0.2, 0) is 11.2 Å². The van der Waals surface area contributed by atoms with E-state index < -0.39 is 0 Å². The van der Waals surface area contributed by atoms with Gasteiger partial charge >= 0.3 is 0 Å². The van der Waals surface area contributed by atoms with Gasteiger partial charge in [0.05, 0.1) is 27.8 Å². The Morgan fingerprint density at radius 2 is 1.67 bits per heavy atom. The van der Waals surface area contributed by atoms with Gasteiger partial charge in [-0.15, -0.1) is 0 Å². The van der Waals surface area contributed by atoms with Crippen molar-refractivity contribution in [2.24, 2.45) is 0 Å². The lowest BCUT2D eigenvalue weighted by atomic mass is 10.1. The van der Waals surface area contributed by atoms with E-state index in [2.05, 4.69) is 16.2 Å². The second-order valence-electron chi connectivity index (χ2n) is 6.05. The van der Waals surface area contributed by atoms with Crippen molar-refractivity contribution in [3.63, 3.8) is 0 Å². The van der Waals surface area contributed by atoms with Crippen LogP contribution < -0.4 is 30.4 Å². The van der Waals surface area contributed by atoms with E-state index in [0.717, 1.165) is 0 Å². The number of nitrogens with one attached hydrogen (secondary N) is 3. The minimum Gasteiger partial charge on any atom is -0.493 e. The Balaban J connectivity index is 2.75. The number of rotatable bonds is 5. The molecular weight excluding hydrogens is 330 g/mol. The molecule has 0 aromatic heterocycles. The van der Waals surface area contributed by atoms with Crippen LogP contribution in [-0.4, -0.2) is 37.9 Å². The molecule has 0 saturated heterocycles. The Labute approximate surface area is 148 Å². The van der Waals surface area contributed by atoms with Crippen LogP contribution >= 0.6 is 12.2 Å². The Morgan fingerprint density at radius 1 is 1.04 bits per heavy atom. The third-order valence-corrected chi connectivity index (χ3v) is 3.14. The first-order valence-electron chi connectivity index (χ1n) is 7.36. The number of hydrogen-bond donors (Lipinski definition) is 3.